The molecule has 24 heavy (non-hydrogen) atoms. The van der Waals surface area contributed by atoms with Crippen molar-refractivity contribution in [1.29, 1.82) is 0 Å². The van der Waals surface area contributed by atoms with Gasteiger partial charge in [-0.05, 0) is 54.7 Å². The Bertz CT molecular complexity index is 961. The van der Waals surface area contributed by atoms with Crippen LogP contribution in [0, 0.1) is 6.92 Å². The first-order valence-electron chi connectivity index (χ1n) is 8.24. The number of aryl methyl sites for hydroxylation is 3. The summed E-state index contributed by atoms with van der Waals surface area (Å²) >= 11 is 3.56. The number of hydrogen-bond donors (Lipinski definition) is 0. The minimum Gasteiger partial charge on any atom is -0.305 e. The number of fused-ring (bicyclic) bond motifs is 2. The third-order valence-corrected chi connectivity index (χ3v) is 5.32. The average Bonchev–Trinajstić information content (AvgIpc) is 3.14. The highest BCUT2D eigenvalue weighted by molar-refractivity contribution is 9.10. The normalized spacial score (nSPS) is 16.5. The van der Waals surface area contributed by atoms with E-state index < -0.39 is 0 Å². The number of hydrogen-bond acceptors (Lipinski definition) is 3. The van der Waals surface area contributed by atoms with Gasteiger partial charge in [0.05, 0.1) is 6.04 Å². The summed E-state index contributed by atoms with van der Waals surface area (Å²) in [5.41, 5.74) is 5.92. The standard InChI is InChI=1S/C19H18BrN3O/c1-3-17-22-18-11(2)8-14(10-24)21-19(18)23(17)16-7-4-12-9-13(20)5-6-15(12)16/h5-6,8-10,16H,3-4,7H2,1-2H3/t16-/m0/s1. The summed E-state index contributed by atoms with van der Waals surface area (Å²) in [5.74, 6) is 1.03. The zero-order valence-electron chi connectivity index (χ0n) is 13.7. The molecule has 3 aromatic rings. The van der Waals surface area contributed by atoms with Gasteiger partial charge in [-0.15, -0.1) is 0 Å². The number of carbonyl (C=O) groups is 1. The summed E-state index contributed by atoms with van der Waals surface area (Å²) in [6.45, 7) is 4.11. The van der Waals surface area contributed by atoms with Gasteiger partial charge in [0.25, 0.3) is 0 Å². The molecular weight excluding hydrogens is 366 g/mol. The average molecular weight is 384 g/mol. The van der Waals surface area contributed by atoms with E-state index >= 15 is 0 Å². The molecule has 2 heterocycles. The molecule has 1 aliphatic rings. The van der Waals surface area contributed by atoms with Crippen molar-refractivity contribution in [3.63, 3.8) is 0 Å². The number of aromatic nitrogens is 3. The zero-order chi connectivity index (χ0) is 16.8. The van der Waals surface area contributed by atoms with Gasteiger partial charge in [-0.2, -0.15) is 0 Å². The van der Waals surface area contributed by atoms with Crippen LogP contribution >= 0.6 is 15.9 Å². The summed E-state index contributed by atoms with van der Waals surface area (Å²) in [7, 11) is 0. The summed E-state index contributed by atoms with van der Waals surface area (Å²) in [6, 6.07) is 8.54. The Kier molecular flexibility index (Phi) is 3.76. The predicted molar refractivity (Wildman–Crippen MR) is 97.6 cm³/mol. The number of nitrogens with zero attached hydrogens (tertiary/aromatic N) is 3. The molecule has 5 heteroatoms. The van der Waals surface area contributed by atoms with Crippen LogP contribution in [0.15, 0.2) is 28.7 Å². The van der Waals surface area contributed by atoms with Gasteiger partial charge in [0.2, 0.25) is 0 Å². The van der Waals surface area contributed by atoms with Crippen LogP contribution in [0.25, 0.3) is 11.2 Å². The molecule has 0 unspecified atom stereocenters. The van der Waals surface area contributed by atoms with Gasteiger partial charge in [0.15, 0.2) is 11.9 Å². The highest BCUT2D eigenvalue weighted by atomic mass is 79.9. The molecule has 0 saturated heterocycles. The molecule has 4 rings (SSSR count). The van der Waals surface area contributed by atoms with E-state index in [1.54, 1.807) is 0 Å². The maximum absolute atomic E-state index is 11.2. The highest BCUT2D eigenvalue weighted by Crippen LogP contribution is 2.38. The van der Waals surface area contributed by atoms with E-state index in [4.69, 9.17) is 4.98 Å². The Morgan fingerprint density at radius 3 is 2.92 bits per heavy atom. The van der Waals surface area contributed by atoms with Gasteiger partial charge in [-0.3, -0.25) is 4.79 Å². The molecule has 122 valence electrons. The first-order valence-corrected chi connectivity index (χ1v) is 9.03. The van der Waals surface area contributed by atoms with Gasteiger partial charge in [-0.25, -0.2) is 9.97 Å². The van der Waals surface area contributed by atoms with Crippen LogP contribution in [0.3, 0.4) is 0 Å². The molecule has 0 saturated carbocycles. The number of benzene rings is 1. The molecule has 0 spiro atoms. The molecule has 1 aromatic carbocycles. The summed E-state index contributed by atoms with van der Waals surface area (Å²) < 4.78 is 3.36. The van der Waals surface area contributed by atoms with Crippen molar-refractivity contribution in [2.75, 3.05) is 0 Å². The second-order valence-corrected chi connectivity index (χ2v) is 7.22. The SMILES string of the molecule is CCc1nc2c(C)cc(C=O)nc2n1[C@H]1CCc2cc(Br)ccc21. The minimum absolute atomic E-state index is 0.238. The number of imidazole rings is 1. The van der Waals surface area contributed by atoms with E-state index in [0.29, 0.717) is 5.69 Å². The van der Waals surface area contributed by atoms with Gasteiger partial charge in [-0.1, -0.05) is 28.9 Å². The number of halogens is 1. The fraction of sp³-hybridized carbons (Fsp3) is 0.316. The van der Waals surface area contributed by atoms with Crippen molar-refractivity contribution in [2.45, 2.75) is 39.2 Å². The van der Waals surface area contributed by atoms with Crippen molar-refractivity contribution in [1.82, 2.24) is 14.5 Å². The quantitative estimate of drug-likeness (QED) is 0.629. The third-order valence-electron chi connectivity index (χ3n) is 4.83. The molecule has 4 nitrogen and oxygen atoms in total. The van der Waals surface area contributed by atoms with Gasteiger partial charge >= 0.3 is 0 Å². The van der Waals surface area contributed by atoms with Crippen LogP contribution in [0.1, 0.15) is 52.4 Å². The number of aldehydes is 1. The zero-order valence-corrected chi connectivity index (χ0v) is 15.3. The molecule has 1 aliphatic carbocycles. The summed E-state index contributed by atoms with van der Waals surface area (Å²) in [4.78, 5) is 20.6. The van der Waals surface area contributed by atoms with E-state index in [1.165, 1.54) is 11.1 Å². The van der Waals surface area contributed by atoms with E-state index in [9.17, 15) is 4.79 Å². The third kappa shape index (κ3) is 2.30. The Morgan fingerprint density at radius 1 is 1.33 bits per heavy atom. The fourth-order valence-corrected chi connectivity index (χ4v) is 4.16. The Hall–Kier alpha value is -2.01. The second-order valence-electron chi connectivity index (χ2n) is 6.30. The minimum atomic E-state index is 0.238. The first-order chi connectivity index (χ1) is 11.6. The largest absolute Gasteiger partial charge is 0.305 e. The lowest BCUT2D eigenvalue weighted by Crippen LogP contribution is -2.12. The first kappa shape index (κ1) is 15.5. The Morgan fingerprint density at radius 2 is 2.17 bits per heavy atom. The van der Waals surface area contributed by atoms with Crippen LogP contribution in [-0.2, 0) is 12.8 Å². The molecule has 0 bridgehead atoms. The van der Waals surface area contributed by atoms with E-state index in [-0.39, 0.29) is 6.04 Å². The number of carbonyl (C=O) groups excluding carboxylic acids is 1. The van der Waals surface area contributed by atoms with Crippen LogP contribution in [0.4, 0.5) is 0 Å². The molecule has 0 amide bonds. The highest BCUT2D eigenvalue weighted by Gasteiger charge is 2.28. The van der Waals surface area contributed by atoms with Crippen LogP contribution in [0.2, 0.25) is 0 Å². The van der Waals surface area contributed by atoms with Crippen molar-refractivity contribution < 1.29 is 4.79 Å². The monoisotopic (exact) mass is 383 g/mol. The van der Waals surface area contributed by atoms with Crippen LogP contribution in [-0.4, -0.2) is 20.8 Å². The van der Waals surface area contributed by atoms with E-state index in [0.717, 1.165) is 52.6 Å². The summed E-state index contributed by atoms with van der Waals surface area (Å²) in [6.07, 6.45) is 3.74. The predicted octanol–water partition coefficient (Wildman–Crippen LogP) is 4.41. The van der Waals surface area contributed by atoms with Gasteiger partial charge < -0.3 is 4.57 Å². The number of rotatable bonds is 3. The van der Waals surface area contributed by atoms with Crippen molar-refractivity contribution >= 4 is 33.4 Å². The van der Waals surface area contributed by atoms with Crippen LogP contribution in [0.5, 0.6) is 0 Å². The van der Waals surface area contributed by atoms with E-state index in [2.05, 4.69) is 50.6 Å². The maximum Gasteiger partial charge on any atom is 0.168 e. The van der Waals surface area contributed by atoms with Crippen LogP contribution < -0.4 is 0 Å². The summed E-state index contributed by atoms with van der Waals surface area (Å²) in [5, 5.41) is 0. The molecule has 2 aromatic heterocycles. The van der Waals surface area contributed by atoms with Crippen molar-refractivity contribution in [2.24, 2.45) is 0 Å². The van der Waals surface area contributed by atoms with Crippen molar-refractivity contribution in [3.05, 3.63) is 56.9 Å². The molecular formula is C19H18BrN3O. The molecule has 0 aliphatic heterocycles. The van der Waals surface area contributed by atoms with Gasteiger partial charge in [0, 0.05) is 10.9 Å². The van der Waals surface area contributed by atoms with Crippen molar-refractivity contribution in [3.8, 4) is 0 Å². The topological polar surface area (TPSA) is 47.8 Å². The lowest BCUT2D eigenvalue weighted by molar-refractivity contribution is 0.111. The fourth-order valence-electron chi connectivity index (χ4n) is 3.75. The molecule has 0 radical (unpaired) electrons. The second kappa shape index (κ2) is 5.81. The molecule has 0 fully saturated rings. The van der Waals surface area contributed by atoms with E-state index in [1.807, 2.05) is 13.0 Å². The lowest BCUT2D eigenvalue weighted by Gasteiger charge is -2.17. The Labute approximate surface area is 149 Å². The number of pyridine rings is 1. The van der Waals surface area contributed by atoms with Gasteiger partial charge in [0.1, 0.15) is 17.0 Å². The Balaban J connectivity index is 1.97. The molecule has 1 atom stereocenters. The molecule has 0 N–H and O–H groups in total. The maximum atomic E-state index is 11.2. The lowest BCUT2D eigenvalue weighted by atomic mass is 10.1. The smallest absolute Gasteiger partial charge is 0.168 e.